The molecule has 1 N–H and O–H groups in total. The van der Waals surface area contributed by atoms with Gasteiger partial charge in [0.1, 0.15) is 0 Å². The second-order valence-electron chi connectivity index (χ2n) is 3.46. The molecule has 4 heteroatoms. The van der Waals surface area contributed by atoms with Crippen LogP contribution >= 0.6 is 23.4 Å². The van der Waals surface area contributed by atoms with Gasteiger partial charge in [0.05, 0.1) is 0 Å². The van der Waals surface area contributed by atoms with Crippen LogP contribution in [0.4, 0.5) is 0 Å². The first-order chi connectivity index (χ1) is 6.22. The highest BCUT2D eigenvalue weighted by Gasteiger charge is 2.41. The van der Waals surface area contributed by atoms with Crippen molar-refractivity contribution >= 4 is 29.3 Å². The van der Waals surface area contributed by atoms with Crippen LogP contribution in [0.5, 0.6) is 0 Å². The molecule has 1 amide bonds. The third-order valence-electron chi connectivity index (χ3n) is 2.39. The predicted octanol–water partition coefficient (Wildman–Crippen LogP) is 2.02. The number of carbonyl (C=O) groups excluding carboxylic acids is 1. The minimum absolute atomic E-state index is 0.140. The molecule has 2 nitrogen and oxygen atoms in total. The molecule has 0 spiro atoms. The van der Waals surface area contributed by atoms with E-state index in [9.17, 15) is 4.79 Å². The Morgan fingerprint density at radius 2 is 2.31 bits per heavy atom. The number of hydrogen-bond acceptors (Lipinski definition) is 2. The smallest absolute Gasteiger partial charge is 0.220 e. The Morgan fingerprint density at radius 3 is 2.77 bits per heavy atom. The maximum Gasteiger partial charge on any atom is 0.220 e. The van der Waals surface area contributed by atoms with Crippen molar-refractivity contribution in [2.75, 3.05) is 18.7 Å². The van der Waals surface area contributed by atoms with Crippen molar-refractivity contribution in [3.8, 4) is 0 Å². The van der Waals surface area contributed by atoms with Gasteiger partial charge in [-0.2, -0.15) is 11.8 Å². The lowest BCUT2D eigenvalue weighted by atomic mass is 10.3. The Bertz CT molecular complexity index is 182. The number of amides is 1. The summed E-state index contributed by atoms with van der Waals surface area (Å²) in [5, 5.41) is 2.95. The summed E-state index contributed by atoms with van der Waals surface area (Å²) in [7, 11) is 0. The minimum Gasteiger partial charge on any atom is -0.355 e. The minimum atomic E-state index is 0.140. The van der Waals surface area contributed by atoms with E-state index >= 15 is 0 Å². The predicted molar refractivity (Wildman–Crippen MR) is 58.4 cm³/mol. The first-order valence-corrected chi connectivity index (χ1v) is 6.36. The Labute approximate surface area is 88.8 Å². The van der Waals surface area contributed by atoms with Crippen LogP contribution in [0.2, 0.25) is 0 Å². The van der Waals surface area contributed by atoms with Crippen LogP contribution < -0.4 is 5.32 Å². The van der Waals surface area contributed by atoms with Gasteiger partial charge in [0, 0.05) is 23.6 Å². The Balaban J connectivity index is 2.08. The highest BCUT2D eigenvalue weighted by molar-refractivity contribution is 8.00. The lowest BCUT2D eigenvalue weighted by Gasteiger charge is -2.12. The standard InChI is InChI=1S/C9H16ClNOS/c1-13-9(4-5-9)7-11-8(12)3-2-6-10/h2-7H2,1H3,(H,11,12). The van der Waals surface area contributed by atoms with Gasteiger partial charge in [0.15, 0.2) is 0 Å². The van der Waals surface area contributed by atoms with E-state index < -0.39 is 0 Å². The molecule has 0 radical (unpaired) electrons. The lowest BCUT2D eigenvalue weighted by molar-refractivity contribution is -0.121. The van der Waals surface area contributed by atoms with Gasteiger partial charge in [-0.15, -0.1) is 11.6 Å². The zero-order valence-corrected chi connectivity index (χ0v) is 9.51. The molecule has 13 heavy (non-hydrogen) atoms. The summed E-state index contributed by atoms with van der Waals surface area (Å²) in [5.41, 5.74) is 0. The van der Waals surface area contributed by atoms with E-state index in [0.29, 0.717) is 17.0 Å². The molecule has 1 fully saturated rings. The molecule has 0 heterocycles. The van der Waals surface area contributed by atoms with Gasteiger partial charge in [-0.05, 0) is 25.5 Å². The van der Waals surface area contributed by atoms with E-state index in [1.54, 1.807) is 0 Å². The van der Waals surface area contributed by atoms with Crippen LogP contribution in [0, 0.1) is 0 Å². The monoisotopic (exact) mass is 221 g/mol. The summed E-state index contributed by atoms with van der Waals surface area (Å²) in [5.74, 6) is 0.710. The summed E-state index contributed by atoms with van der Waals surface area (Å²) in [4.78, 5) is 11.2. The average Bonchev–Trinajstić information content (AvgIpc) is 2.92. The molecular weight excluding hydrogens is 206 g/mol. The number of thioether (sulfide) groups is 1. The molecule has 0 atom stereocenters. The van der Waals surface area contributed by atoms with Crippen LogP contribution in [0.1, 0.15) is 25.7 Å². The maximum absolute atomic E-state index is 11.2. The van der Waals surface area contributed by atoms with Crippen LogP contribution in [0.3, 0.4) is 0 Å². The van der Waals surface area contributed by atoms with E-state index in [-0.39, 0.29) is 5.91 Å². The summed E-state index contributed by atoms with van der Waals surface area (Å²) >= 11 is 7.35. The van der Waals surface area contributed by atoms with Gasteiger partial charge in [0.2, 0.25) is 5.91 Å². The molecule has 0 aliphatic heterocycles. The van der Waals surface area contributed by atoms with Gasteiger partial charge in [-0.25, -0.2) is 0 Å². The van der Waals surface area contributed by atoms with Gasteiger partial charge in [0.25, 0.3) is 0 Å². The van der Waals surface area contributed by atoms with Crippen molar-refractivity contribution in [1.82, 2.24) is 5.32 Å². The number of carbonyl (C=O) groups is 1. The van der Waals surface area contributed by atoms with Crippen molar-refractivity contribution in [2.24, 2.45) is 0 Å². The zero-order chi connectivity index (χ0) is 9.73. The number of halogens is 1. The molecule has 0 aromatic carbocycles. The third-order valence-corrected chi connectivity index (χ3v) is 4.07. The number of hydrogen-bond donors (Lipinski definition) is 1. The Kier molecular flexibility index (Phi) is 4.39. The van der Waals surface area contributed by atoms with E-state index in [2.05, 4.69) is 11.6 Å². The van der Waals surface area contributed by atoms with Crippen molar-refractivity contribution in [3.63, 3.8) is 0 Å². The molecule has 0 aromatic heterocycles. The van der Waals surface area contributed by atoms with E-state index in [1.165, 1.54) is 12.8 Å². The van der Waals surface area contributed by atoms with Gasteiger partial charge >= 0.3 is 0 Å². The van der Waals surface area contributed by atoms with Crippen molar-refractivity contribution in [3.05, 3.63) is 0 Å². The van der Waals surface area contributed by atoms with Crippen LogP contribution in [0.25, 0.3) is 0 Å². The fourth-order valence-corrected chi connectivity index (χ4v) is 2.03. The summed E-state index contributed by atoms with van der Waals surface area (Å²) < 4.78 is 0.372. The second kappa shape index (κ2) is 5.11. The summed E-state index contributed by atoms with van der Waals surface area (Å²) in [6, 6.07) is 0. The Hall–Kier alpha value is 0.110. The lowest BCUT2D eigenvalue weighted by Crippen LogP contribution is -2.31. The average molecular weight is 222 g/mol. The zero-order valence-electron chi connectivity index (χ0n) is 7.94. The first-order valence-electron chi connectivity index (χ1n) is 4.60. The van der Waals surface area contributed by atoms with Crippen molar-refractivity contribution in [1.29, 1.82) is 0 Å². The molecule has 0 unspecified atom stereocenters. The molecule has 1 saturated carbocycles. The normalized spacial score (nSPS) is 18.3. The summed E-state index contributed by atoms with van der Waals surface area (Å²) in [6.07, 6.45) is 5.93. The Morgan fingerprint density at radius 1 is 1.62 bits per heavy atom. The largest absolute Gasteiger partial charge is 0.355 e. The molecule has 0 saturated heterocycles. The molecule has 76 valence electrons. The quantitative estimate of drug-likeness (QED) is 0.696. The highest BCUT2D eigenvalue weighted by Crippen LogP contribution is 2.46. The number of alkyl halides is 1. The SMILES string of the molecule is CSC1(CNC(=O)CCCCl)CC1. The van der Waals surface area contributed by atoms with Gasteiger partial charge < -0.3 is 5.32 Å². The van der Waals surface area contributed by atoms with E-state index in [4.69, 9.17) is 11.6 Å². The van der Waals surface area contributed by atoms with Gasteiger partial charge in [-0.3, -0.25) is 4.79 Å². The highest BCUT2D eigenvalue weighted by atomic mass is 35.5. The molecule has 1 aliphatic rings. The summed E-state index contributed by atoms with van der Waals surface area (Å²) in [6.45, 7) is 0.829. The van der Waals surface area contributed by atoms with Crippen molar-refractivity contribution in [2.45, 2.75) is 30.4 Å². The molecular formula is C9H16ClNOS. The number of rotatable bonds is 6. The van der Waals surface area contributed by atoms with Crippen LogP contribution in [0.15, 0.2) is 0 Å². The first kappa shape index (κ1) is 11.2. The number of nitrogens with one attached hydrogen (secondary N) is 1. The topological polar surface area (TPSA) is 29.1 Å². The maximum atomic E-state index is 11.2. The second-order valence-corrected chi connectivity index (χ2v) is 5.11. The fraction of sp³-hybridized carbons (Fsp3) is 0.889. The van der Waals surface area contributed by atoms with Crippen LogP contribution in [-0.4, -0.2) is 29.3 Å². The van der Waals surface area contributed by atoms with Crippen molar-refractivity contribution < 1.29 is 4.79 Å². The molecule has 0 bridgehead atoms. The van der Waals surface area contributed by atoms with Gasteiger partial charge in [-0.1, -0.05) is 0 Å². The molecule has 0 aromatic rings. The van der Waals surface area contributed by atoms with Crippen LogP contribution in [-0.2, 0) is 4.79 Å². The fourth-order valence-electron chi connectivity index (χ4n) is 1.17. The third kappa shape index (κ3) is 3.77. The van der Waals surface area contributed by atoms with E-state index in [1.807, 2.05) is 11.8 Å². The molecule has 1 aliphatic carbocycles. The van der Waals surface area contributed by atoms with E-state index in [0.717, 1.165) is 13.0 Å². The molecule has 1 rings (SSSR count).